The third-order valence-corrected chi connectivity index (χ3v) is 9.24. The Kier molecular flexibility index (Phi) is 4.57. The summed E-state index contributed by atoms with van der Waals surface area (Å²) < 4.78 is 11.8. The van der Waals surface area contributed by atoms with Crippen LogP contribution in [0.4, 0.5) is 0 Å². The Hall–Kier alpha value is -1.84. The Labute approximate surface area is 179 Å². The maximum atomic E-state index is 12.9. The second-order valence-electron chi connectivity index (χ2n) is 10.8. The molecule has 0 amide bonds. The van der Waals surface area contributed by atoms with Gasteiger partial charge in [0.15, 0.2) is 0 Å². The van der Waals surface area contributed by atoms with Crippen LogP contribution in [-0.4, -0.2) is 17.9 Å². The van der Waals surface area contributed by atoms with E-state index in [1.54, 1.807) is 0 Å². The zero-order valence-corrected chi connectivity index (χ0v) is 18.7. The van der Waals surface area contributed by atoms with Crippen LogP contribution in [0.3, 0.4) is 0 Å². The number of carbonyl (C=O) groups is 2. The summed E-state index contributed by atoms with van der Waals surface area (Å²) >= 11 is 0. The molecule has 162 valence electrons. The molecule has 5 rings (SSSR count). The average molecular weight is 411 g/mol. The molecule has 4 nitrogen and oxygen atoms in total. The number of ketones is 1. The highest BCUT2D eigenvalue weighted by molar-refractivity contribution is 5.87. The molecule has 0 saturated heterocycles. The maximum Gasteiger partial charge on any atom is 0.302 e. The van der Waals surface area contributed by atoms with E-state index in [2.05, 4.69) is 32.1 Å². The van der Waals surface area contributed by atoms with E-state index >= 15 is 0 Å². The molecule has 0 radical (unpaired) electrons. The van der Waals surface area contributed by atoms with Gasteiger partial charge in [0, 0.05) is 31.1 Å². The van der Waals surface area contributed by atoms with E-state index < -0.39 is 0 Å². The monoisotopic (exact) mass is 410 g/mol. The number of carbonyl (C=O) groups excluding carboxylic acids is 2. The fraction of sp³-hybridized carbons (Fsp3) is 0.692. The molecule has 1 heterocycles. The minimum absolute atomic E-state index is 0.0146. The Bertz CT molecular complexity index is 910. The molecular weight excluding hydrogens is 376 g/mol. The summed E-state index contributed by atoms with van der Waals surface area (Å²) in [7, 11) is 0. The normalized spacial score (nSPS) is 42.7. The van der Waals surface area contributed by atoms with Crippen LogP contribution >= 0.6 is 0 Å². The Morgan fingerprint density at radius 3 is 2.53 bits per heavy atom. The molecule has 1 aromatic rings. The lowest BCUT2D eigenvalue weighted by Gasteiger charge is -2.58. The number of hydrogen-bond donors (Lipinski definition) is 0. The molecule has 0 spiro atoms. The van der Waals surface area contributed by atoms with Crippen LogP contribution in [0.1, 0.15) is 83.2 Å². The maximum absolute atomic E-state index is 12.9. The number of furan rings is 1. The van der Waals surface area contributed by atoms with Crippen LogP contribution in [0, 0.1) is 35.5 Å². The summed E-state index contributed by atoms with van der Waals surface area (Å²) in [5.74, 6) is 3.90. The zero-order chi connectivity index (χ0) is 21.3. The van der Waals surface area contributed by atoms with Gasteiger partial charge in [-0.05, 0) is 74.3 Å². The predicted molar refractivity (Wildman–Crippen MR) is 114 cm³/mol. The van der Waals surface area contributed by atoms with Gasteiger partial charge in [-0.3, -0.25) is 9.59 Å². The number of rotatable bonds is 2. The van der Waals surface area contributed by atoms with Gasteiger partial charge in [0.25, 0.3) is 0 Å². The molecule has 4 aliphatic rings. The van der Waals surface area contributed by atoms with E-state index in [9.17, 15) is 9.59 Å². The van der Waals surface area contributed by atoms with Crippen molar-refractivity contribution >= 4 is 11.8 Å². The molecule has 30 heavy (non-hydrogen) atoms. The molecule has 7 unspecified atom stereocenters. The first-order chi connectivity index (χ1) is 14.2. The molecule has 4 aliphatic carbocycles. The summed E-state index contributed by atoms with van der Waals surface area (Å²) in [5, 5.41) is 0. The summed E-state index contributed by atoms with van der Waals surface area (Å²) in [5.41, 5.74) is 1.40. The Morgan fingerprint density at radius 1 is 1.10 bits per heavy atom. The average Bonchev–Trinajstić information content (AvgIpc) is 3.24. The fourth-order valence-electron chi connectivity index (χ4n) is 7.66. The van der Waals surface area contributed by atoms with Crippen molar-refractivity contribution < 1.29 is 18.7 Å². The highest BCUT2D eigenvalue weighted by atomic mass is 16.5. The van der Waals surface area contributed by atoms with Crippen molar-refractivity contribution in [3.63, 3.8) is 0 Å². The topological polar surface area (TPSA) is 56.5 Å². The number of Topliss-reactive ketones (excluding diaryl/α,β-unsaturated/α-hetero) is 1. The van der Waals surface area contributed by atoms with Gasteiger partial charge in [0.1, 0.15) is 23.4 Å². The van der Waals surface area contributed by atoms with Crippen molar-refractivity contribution in [2.75, 3.05) is 0 Å². The van der Waals surface area contributed by atoms with Crippen molar-refractivity contribution in [2.45, 2.75) is 84.7 Å². The van der Waals surface area contributed by atoms with Crippen molar-refractivity contribution in [2.24, 2.45) is 28.6 Å². The lowest BCUT2D eigenvalue weighted by Crippen LogP contribution is -2.52. The summed E-state index contributed by atoms with van der Waals surface area (Å²) in [4.78, 5) is 24.4. The van der Waals surface area contributed by atoms with Gasteiger partial charge in [-0.25, -0.2) is 0 Å². The van der Waals surface area contributed by atoms with Crippen LogP contribution in [0.2, 0.25) is 0 Å². The third-order valence-electron chi connectivity index (χ3n) is 9.24. The first-order valence-electron chi connectivity index (χ1n) is 11.7. The predicted octanol–water partition coefficient (Wildman–Crippen LogP) is 5.75. The number of aryl methyl sites for hydroxylation is 1. The smallest absolute Gasteiger partial charge is 0.302 e. The minimum atomic E-state index is -0.186. The van der Waals surface area contributed by atoms with E-state index in [4.69, 9.17) is 9.15 Å². The van der Waals surface area contributed by atoms with Gasteiger partial charge >= 0.3 is 5.97 Å². The Morgan fingerprint density at radius 2 is 1.83 bits per heavy atom. The molecule has 1 aromatic heterocycles. The van der Waals surface area contributed by atoms with Gasteiger partial charge in [-0.2, -0.15) is 0 Å². The van der Waals surface area contributed by atoms with Gasteiger partial charge in [-0.1, -0.05) is 25.5 Å². The van der Waals surface area contributed by atoms with Gasteiger partial charge in [0.05, 0.1) is 0 Å². The highest BCUT2D eigenvalue weighted by Crippen LogP contribution is 2.66. The second-order valence-corrected chi connectivity index (χ2v) is 10.8. The standard InChI is InChI=1S/C26H34O4/c1-15-5-7-22(29-15)19-14-17-13-18(30-16(2)27)9-11-25(17,3)21-10-12-26(4)20(24(19)21)6-8-23(26)28/h5,7,14,18-21,24H,6,8-13H2,1-4H3. The first kappa shape index (κ1) is 20.1. The quantitative estimate of drug-likeness (QED) is 0.460. The molecule has 0 aromatic carbocycles. The highest BCUT2D eigenvalue weighted by Gasteiger charge is 2.61. The van der Waals surface area contributed by atoms with E-state index in [1.807, 2.05) is 6.92 Å². The molecule has 0 bridgehead atoms. The summed E-state index contributed by atoms with van der Waals surface area (Å²) in [6.45, 7) is 8.17. The zero-order valence-electron chi connectivity index (χ0n) is 18.7. The number of hydrogen-bond acceptors (Lipinski definition) is 4. The molecule has 3 saturated carbocycles. The van der Waals surface area contributed by atoms with Crippen LogP contribution < -0.4 is 0 Å². The van der Waals surface area contributed by atoms with Crippen LogP contribution in [0.25, 0.3) is 0 Å². The molecule has 4 heteroatoms. The third kappa shape index (κ3) is 2.85. The van der Waals surface area contributed by atoms with Crippen molar-refractivity contribution in [1.82, 2.24) is 0 Å². The number of ether oxygens (including phenoxy) is 1. The molecule has 3 fully saturated rings. The van der Waals surface area contributed by atoms with Gasteiger partial charge < -0.3 is 9.15 Å². The van der Waals surface area contributed by atoms with E-state index in [0.29, 0.717) is 23.5 Å². The summed E-state index contributed by atoms with van der Waals surface area (Å²) in [6, 6.07) is 4.19. The van der Waals surface area contributed by atoms with Crippen molar-refractivity contribution in [3.05, 3.63) is 35.3 Å². The van der Waals surface area contributed by atoms with E-state index in [0.717, 1.165) is 56.5 Å². The van der Waals surface area contributed by atoms with E-state index in [-0.39, 0.29) is 28.8 Å². The SMILES string of the molecule is CC(=O)OC1CCC2(C)C(=CC(c3ccc(C)o3)C3C4CCC(=O)C4(C)CCC32)C1. The van der Waals surface area contributed by atoms with Crippen LogP contribution in [0.15, 0.2) is 28.2 Å². The number of esters is 1. The summed E-state index contributed by atoms with van der Waals surface area (Å²) in [6.07, 6.45) is 9.11. The fourth-order valence-corrected chi connectivity index (χ4v) is 7.66. The van der Waals surface area contributed by atoms with E-state index in [1.165, 1.54) is 12.5 Å². The van der Waals surface area contributed by atoms with Gasteiger partial charge in [0.2, 0.25) is 0 Å². The van der Waals surface area contributed by atoms with Crippen molar-refractivity contribution in [1.29, 1.82) is 0 Å². The number of allylic oxidation sites excluding steroid dienone is 1. The van der Waals surface area contributed by atoms with Gasteiger partial charge in [-0.15, -0.1) is 0 Å². The van der Waals surface area contributed by atoms with Crippen LogP contribution in [0.5, 0.6) is 0 Å². The number of fused-ring (bicyclic) bond motifs is 5. The first-order valence-corrected chi connectivity index (χ1v) is 11.7. The molecule has 0 aliphatic heterocycles. The van der Waals surface area contributed by atoms with Crippen LogP contribution in [-0.2, 0) is 14.3 Å². The molecule has 0 N–H and O–H groups in total. The second kappa shape index (κ2) is 6.83. The largest absolute Gasteiger partial charge is 0.466 e. The molecule has 7 atom stereocenters. The molecular formula is C26H34O4. The lowest BCUT2D eigenvalue weighted by molar-refractivity contribution is -0.148. The Balaban J connectivity index is 1.59. The minimum Gasteiger partial charge on any atom is -0.466 e. The lowest BCUT2D eigenvalue weighted by atomic mass is 9.45. The van der Waals surface area contributed by atoms with Crippen molar-refractivity contribution in [3.8, 4) is 0 Å².